The van der Waals surface area contributed by atoms with Gasteiger partial charge >= 0.3 is 23.9 Å². The molecule has 1 aliphatic heterocycles. The molecular weight excluding hydrogens is 291 g/mol. The molecule has 0 amide bonds. The van der Waals surface area contributed by atoms with E-state index in [2.05, 4.69) is 9.47 Å². The zero-order valence-corrected chi connectivity index (χ0v) is 10.8. The molecule has 4 nitrogen and oxygen atoms in total. The SMILES string of the molecule is CCC(C)C(=O)OC1CCOC(O)(C(F)(F)F)C1(F)F. The standard InChI is InChI=1S/C11H15F5O4/c1-3-6(2)8(17)20-7-4-5-19-10(18,9(7,12)13)11(14,15)16/h6-7,18H,3-5H2,1-2H3. The van der Waals surface area contributed by atoms with Crippen LogP contribution in [0.2, 0.25) is 0 Å². The number of hydrogen-bond donors (Lipinski definition) is 1. The molecule has 0 radical (unpaired) electrons. The number of carbonyl (C=O) groups is 1. The summed E-state index contributed by atoms with van der Waals surface area (Å²) < 4.78 is 73.5. The fraction of sp³-hybridized carbons (Fsp3) is 0.909. The Morgan fingerprint density at radius 3 is 2.50 bits per heavy atom. The molecule has 0 saturated carbocycles. The van der Waals surface area contributed by atoms with Crippen LogP contribution in [0.5, 0.6) is 0 Å². The van der Waals surface area contributed by atoms with Gasteiger partial charge in [-0.3, -0.25) is 4.79 Å². The fourth-order valence-corrected chi connectivity index (χ4v) is 1.64. The predicted octanol–water partition coefficient (Wildman–Crippen LogP) is 2.25. The zero-order chi connectivity index (χ0) is 15.8. The number of rotatable bonds is 3. The highest BCUT2D eigenvalue weighted by Crippen LogP contribution is 2.48. The minimum absolute atomic E-state index is 0.289. The molecule has 9 heteroatoms. The van der Waals surface area contributed by atoms with E-state index in [4.69, 9.17) is 5.11 Å². The van der Waals surface area contributed by atoms with Gasteiger partial charge in [-0.1, -0.05) is 13.8 Å². The van der Waals surface area contributed by atoms with E-state index in [1.807, 2.05) is 0 Å². The molecule has 1 rings (SSSR count). The van der Waals surface area contributed by atoms with Gasteiger partial charge in [-0.2, -0.15) is 22.0 Å². The maximum atomic E-state index is 13.8. The Kier molecular flexibility index (Phi) is 4.65. The second-order valence-electron chi connectivity index (χ2n) is 4.64. The van der Waals surface area contributed by atoms with Gasteiger partial charge in [0.25, 0.3) is 0 Å². The summed E-state index contributed by atoms with van der Waals surface area (Å²) in [7, 11) is 0. The summed E-state index contributed by atoms with van der Waals surface area (Å²) in [5.74, 6) is -11.2. The van der Waals surface area contributed by atoms with Crippen LogP contribution in [-0.4, -0.2) is 41.7 Å². The van der Waals surface area contributed by atoms with Gasteiger partial charge in [0.1, 0.15) is 0 Å². The third kappa shape index (κ3) is 2.73. The van der Waals surface area contributed by atoms with Crippen molar-refractivity contribution in [2.75, 3.05) is 6.61 Å². The van der Waals surface area contributed by atoms with Crippen LogP contribution in [0.1, 0.15) is 26.7 Å². The second kappa shape index (κ2) is 5.44. The molecule has 0 aromatic rings. The van der Waals surface area contributed by atoms with Crippen LogP contribution in [0.4, 0.5) is 22.0 Å². The topological polar surface area (TPSA) is 55.8 Å². The Hall–Kier alpha value is -0.960. The number of carbonyl (C=O) groups excluding carboxylic acids is 1. The van der Waals surface area contributed by atoms with Gasteiger partial charge in [-0.25, -0.2) is 0 Å². The molecule has 118 valence electrons. The van der Waals surface area contributed by atoms with Crippen LogP contribution in [0.15, 0.2) is 0 Å². The minimum atomic E-state index is -5.71. The number of halogens is 5. The molecule has 1 N–H and O–H groups in total. The molecule has 0 aliphatic carbocycles. The normalized spacial score (nSPS) is 31.7. The minimum Gasteiger partial charge on any atom is -0.455 e. The van der Waals surface area contributed by atoms with Crippen LogP contribution >= 0.6 is 0 Å². The molecule has 0 aromatic carbocycles. The van der Waals surface area contributed by atoms with Gasteiger partial charge in [0.05, 0.1) is 12.5 Å². The summed E-state index contributed by atoms with van der Waals surface area (Å²) in [5, 5.41) is 9.13. The van der Waals surface area contributed by atoms with E-state index >= 15 is 0 Å². The first-order chi connectivity index (χ1) is 8.97. The summed E-state index contributed by atoms with van der Waals surface area (Å²) in [4.78, 5) is 11.4. The first-order valence-electron chi connectivity index (χ1n) is 5.98. The third-order valence-corrected chi connectivity index (χ3v) is 3.20. The molecule has 3 atom stereocenters. The molecule has 0 spiro atoms. The molecule has 1 fully saturated rings. The van der Waals surface area contributed by atoms with Crippen molar-refractivity contribution in [1.29, 1.82) is 0 Å². The van der Waals surface area contributed by atoms with Crippen molar-refractivity contribution in [1.82, 2.24) is 0 Å². The van der Waals surface area contributed by atoms with E-state index < -0.39 is 48.9 Å². The van der Waals surface area contributed by atoms with E-state index in [0.29, 0.717) is 0 Å². The number of hydrogen-bond acceptors (Lipinski definition) is 4. The number of aliphatic hydroxyl groups is 1. The Morgan fingerprint density at radius 2 is 2.05 bits per heavy atom. The van der Waals surface area contributed by atoms with Crippen molar-refractivity contribution in [3.05, 3.63) is 0 Å². The van der Waals surface area contributed by atoms with Crippen LogP contribution in [0.3, 0.4) is 0 Å². The lowest BCUT2D eigenvalue weighted by atomic mass is 9.96. The van der Waals surface area contributed by atoms with Gasteiger partial charge in [-0.15, -0.1) is 0 Å². The van der Waals surface area contributed by atoms with Gasteiger partial charge in [0.2, 0.25) is 0 Å². The monoisotopic (exact) mass is 306 g/mol. The van der Waals surface area contributed by atoms with E-state index in [9.17, 15) is 26.7 Å². The quantitative estimate of drug-likeness (QED) is 0.642. The number of esters is 1. The molecule has 1 aliphatic rings. The van der Waals surface area contributed by atoms with Crippen molar-refractivity contribution in [3.63, 3.8) is 0 Å². The maximum Gasteiger partial charge on any atom is 0.449 e. The van der Waals surface area contributed by atoms with E-state index in [-0.39, 0.29) is 6.42 Å². The molecule has 1 saturated heterocycles. The lowest BCUT2D eigenvalue weighted by Gasteiger charge is -2.43. The Bertz CT molecular complexity index is 370. The van der Waals surface area contributed by atoms with Crippen molar-refractivity contribution in [2.45, 2.75) is 50.7 Å². The van der Waals surface area contributed by atoms with Gasteiger partial charge < -0.3 is 14.6 Å². The number of alkyl halides is 5. The summed E-state index contributed by atoms with van der Waals surface area (Å²) in [5.41, 5.74) is 0. The summed E-state index contributed by atoms with van der Waals surface area (Å²) in [6.45, 7) is 2.19. The molecule has 3 unspecified atom stereocenters. The maximum absolute atomic E-state index is 13.8. The summed E-state index contributed by atoms with van der Waals surface area (Å²) in [6, 6.07) is 0. The van der Waals surface area contributed by atoms with Gasteiger partial charge in [0, 0.05) is 6.42 Å². The molecule has 0 aromatic heterocycles. The van der Waals surface area contributed by atoms with E-state index in [1.165, 1.54) is 6.92 Å². The predicted molar refractivity (Wildman–Crippen MR) is 55.9 cm³/mol. The zero-order valence-electron chi connectivity index (χ0n) is 10.8. The highest BCUT2D eigenvalue weighted by atomic mass is 19.4. The van der Waals surface area contributed by atoms with E-state index in [1.54, 1.807) is 6.92 Å². The molecule has 0 bridgehead atoms. The lowest BCUT2D eigenvalue weighted by molar-refractivity contribution is -0.455. The van der Waals surface area contributed by atoms with Crippen LogP contribution < -0.4 is 0 Å². The van der Waals surface area contributed by atoms with Crippen LogP contribution in [0, 0.1) is 5.92 Å². The first kappa shape index (κ1) is 17.1. The Labute approximate surface area is 111 Å². The first-order valence-corrected chi connectivity index (χ1v) is 5.98. The van der Waals surface area contributed by atoms with Crippen molar-refractivity contribution >= 4 is 5.97 Å². The highest BCUT2D eigenvalue weighted by molar-refractivity contribution is 5.72. The lowest BCUT2D eigenvalue weighted by Crippen LogP contribution is -2.68. The fourth-order valence-electron chi connectivity index (χ4n) is 1.64. The molecule has 20 heavy (non-hydrogen) atoms. The highest BCUT2D eigenvalue weighted by Gasteiger charge is 2.76. The average molecular weight is 306 g/mol. The average Bonchev–Trinajstić information content (AvgIpc) is 2.32. The number of ether oxygens (including phenoxy) is 2. The summed E-state index contributed by atoms with van der Waals surface area (Å²) >= 11 is 0. The van der Waals surface area contributed by atoms with Crippen LogP contribution in [0.25, 0.3) is 0 Å². The molecule has 1 heterocycles. The van der Waals surface area contributed by atoms with Crippen LogP contribution in [-0.2, 0) is 14.3 Å². The van der Waals surface area contributed by atoms with E-state index in [0.717, 1.165) is 0 Å². The van der Waals surface area contributed by atoms with Gasteiger partial charge in [-0.05, 0) is 6.42 Å². The van der Waals surface area contributed by atoms with Crippen molar-refractivity contribution < 1.29 is 41.3 Å². The molecular formula is C11H15F5O4. The van der Waals surface area contributed by atoms with Crippen molar-refractivity contribution in [3.8, 4) is 0 Å². The second-order valence-corrected chi connectivity index (χ2v) is 4.64. The Balaban J connectivity index is 2.97. The largest absolute Gasteiger partial charge is 0.455 e. The smallest absolute Gasteiger partial charge is 0.449 e. The van der Waals surface area contributed by atoms with Crippen molar-refractivity contribution in [2.24, 2.45) is 5.92 Å². The Morgan fingerprint density at radius 1 is 1.50 bits per heavy atom. The van der Waals surface area contributed by atoms with Gasteiger partial charge in [0.15, 0.2) is 6.10 Å². The summed E-state index contributed by atoms with van der Waals surface area (Å²) in [6.07, 6.45) is -8.44. The third-order valence-electron chi connectivity index (χ3n) is 3.20.